The van der Waals surface area contributed by atoms with E-state index >= 15 is 0 Å². The summed E-state index contributed by atoms with van der Waals surface area (Å²) in [5.41, 5.74) is 0.242. The van der Waals surface area contributed by atoms with Gasteiger partial charge in [-0.1, -0.05) is 17.5 Å². The van der Waals surface area contributed by atoms with Crippen molar-refractivity contribution in [3.63, 3.8) is 0 Å². The van der Waals surface area contributed by atoms with E-state index in [9.17, 15) is 8.42 Å². The van der Waals surface area contributed by atoms with Gasteiger partial charge in [-0.15, -0.1) is 18.2 Å². The molecule has 0 aromatic heterocycles. The summed E-state index contributed by atoms with van der Waals surface area (Å²) in [7, 11) is -3.71. The molecule has 100 valence electrons. The van der Waals surface area contributed by atoms with E-state index in [4.69, 9.17) is 23.3 Å². The number of rotatable bonds is 6. The fourth-order valence-electron chi connectivity index (χ4n) is 1.24. The second-order valence-corrected chi connectivity index (χ2v) is 6.66. The Morgan fingerprint density at radius 3 is 2.84 bits per heavy atom. The normalized spacial score (nSPS) is 10.7. The third kappa shape index (κ3) is 4.77. The van der Waals surface area contributed by atoms with Crippen LogP contribution in [0.25, 0.3) is 0 Å². The van der Waals surface area contributed by atoms with Crippen molar-refractivity contribution in [2.75, 3.05) is 18.1 Å². The van der Waals surface area contributed by atoms with Crippen LogP contribution >= 0.6 is 23.4 Å². The first kappa shape index (κ1) is 15.9. The number of sulfonamides is 1. The van der Waals surface area contributed by atoms with Crippen LogP contribution in [0.4, 0.5) is 0 Å². The van der Waals surface area contributed by atoms with Gasteiger partial charge in [-0.3, -0.25) is 0 Å². The average molecular weight is 315 g/mol. The lowest BCUT2D eigenvalue weighted by atomic mass is 10.2. The highest BCUT2D eigenvalue weighted by Crippen LogP contribution is 2.22. The zero-order chi connectivity index (χ0) is 14.3. The van der Waals surface area contributed by atoms with Gasteiger partial charge in [-0.2, -0.15) is 5.26 Å². The lowest BCUT2D eigenvalue weighted by Crippen LogP contribution is -2.26. The topological polar surface area (TPSA) is 70.0 Å². The van der Waals surface area contributed by atoms with Crippen LogP contribution in [0.5, 0.6) is 0 Å². The molecule has 4 nitrogen and oxygen atoms in total. The molecule has 7 heteroatoms. The Balaban J connectivity index is 2.78. The van der Waals surface area contributed by atoms with Gasteiger partial charge in [-0.25, -0.2) is 13.1 Å². The molecule has 1 aromatic rings. The van der Waals surface area contributed by atoms with Gasteiger partial charge in [0.1, 0.15) is 4.90 Å². The van der Waals surface area contributed by atoms with Gasteiger partial charge < -0.3 is 0 Å². The smallest absolute Gasteiger partial charge is 0.210 e. The van der Waals surface area contributed by atoms with Crippen molar-refractivity contribution >= 4 is 33.4 Å². The van der Waals surface area contributed by atoms with Crippen LogP contribution in [0.3, 0.4) is 0 Å². The zero-order valence-electron chi connectivity index (χ0n) is 9.89. The monoisotopic (exact) mass is 314 g/mol. The Hall–Kier alpha value is -1.18. The van der Waals surface area contributed by atoms with Gasteiger partial charge in [0.2, 0.25) is 10.0 Å². The maximum absolute atomic E-state index is 12.0. The van der Waals surface area contributed by atoms with Gasteiger partial charge in [0.15, 0.2) is 0 Å². The first-order valence-corrected chi connectivity index (χ1v) is 8.23. The second-order valence-electron chi connectivity index (χ2n) is 3.41. The molecule has 0 saturated carbocycles. The summed E-state index contributed by atoms with van der Waals surface area (Å²) in [6.07, 6.45) is 5.08. The van der Waals surface area contributed by atoms with E-state index in [0.717, 1.165) is 0 Å². The minimum atomic E-state index is -3.71. The average Bonchev–Trinajstić information content (AvgIpc) is 2.39. The molecule has 0 aliphatic rings. The summed E-state index contributed by atoms with van der Waals surface area (Å²) in [5.74, 6) is 3.55. The molecular formula is C12H11ClN2O2S2. The van der Waals surface area contributed by atoms with Gasteiger partial charge in [0.05, 0.1) is 22.4 Å². The SMILES string of the molecule is C#CCSCCNS(=O)(=O)c1cc(C#N)ccc1Cl. The molecule has 0 fully saturated rings. The largest absolute Gasteiger partial charge is 0.242 e. The highest BCUT2D eigenvalue weighted by Gasteiger charge is 2.17. The Labute approximate surface area is 122 Å². The highest BCUT2D eigenvalue weighted by molar-refractivity contribution is 7.99. The minimum Gasteiger partial charge on any atom is -0.210 e. The fraction of sp³-hybridized carbons (Fsp3) is 0.250. The van der Waals surface area contributed by atoms with Crippen LogP contribution in [0, 0.1) is 23.7 Å². The van der Waals surface area contributed by atoms with Crippen molar-refractivity contribution in [3.8, 4) is 18.4 Å². The minimum absolute atomic E-state index is 0.0859. The van der Waals surface area contributed by atoms with Crippen molar-refractivity contribution < 1.29 is 8.42 Å². The standard InChI is InChI=1S/C12H11ClN2O2S2/c1-2-6-18-7-5-15-19(16,17)12-8-10(9-14)3-4-11(12)13/h1,3-4,8,15H,5-7H2. The fourth-order valence-corrected chi connectivity index (χ4v) is 3.43. The third-order valence-electron chi connectivity index (χ3n) is 2.07. The molecule has 0 unspecified atom stereocenters. The molecular weight excluding hydrogens is 304 g/mol. The van der Waals surface area contributed by atoms with E-state index in [-0.39, 0.29) is 22.0 Å². The lowest BCUT2D eigenvalue weighted by Gasteiger charge is -2.08. The number of nitrogens with zero attached hydrogens (tertiary/aromatic N) is 1. The quantitative estimate of drug-likeness (QED) is 0.642. The number of hydrogen-bond donors (Lipinski definition) is 1. The van der Waals surface area contributed by atoms with Crippen LogP contribution < -0.4 is 4.72 Å². The Morgan fingerprint density at radius 2 is 2.21 bits per heavy atom. The Bertz CT molecular complexity index is 630. The molecule has 0 bridgehead atoms. The molecule has 0 heterocycles. The number of halogens is 1. The van der Waals surface area contributed by atoms with Crippen LogP contribution in [0.1, 0.15) is 5.56 Å². The second kappa shape index (κ2) is 7.42. The van der Waals surface area contributed by atoms with E-state index < -0.39 is 10.0 Å². The summed E-state index contributed by atoms with van der Waals surface area (Å²) in [4.78, 5) is -0.0878. The molecule has 0 aliphatic carbocycles. The maximum atomic E-state index is 12.0. The molecule has 1 aromatic carbocycles. The lowest BCUT2D eigenvalue weighted by molar-refractivity contribution is 0.584. The van der Waals surface area contributed by atoms with Crippen molar-refractivity contribution in [2.24, 2.45) is 0 Å². The summed E-state index contributed by atoms with van der Waals surface area (Å²) in [6, 6.07) is 5.98. The number of nitriles is 1. The molecule has 1 rings (SSSR count). The number of benzene rings is 1. The maximum Gasteiger partial charge on any atom is 0.242 e. The summed E-state index contributed by atoms with van der Waals surface area (Å²) in [5, 5.41) is 8.85. The molecule has 19 heavy (non-hydrogen) atoms. The van der Waals surface area contributed by atoms with Crippen LogP contribution in [0.15, 0.2) is 23.1 Å². The predicted molar refractivity (Wildman–Crippen MR) is 77.5 cm³/mol. The number of nitrogens with one attached hydrogen (secondary N) is 1. The molecule has 0 atom stereocenters. The van der Waals surface area contributed by atoms with Gasteiger partial charge in [-0.05, 0) is 18.2 Å². The molecule has 0 aliphatic heterocycles. The van der Waals surface area contributed by atoms with E-state index in [1.54, 1.807) is 0 Å². The van der Waals surface area contributed by atoms with Crippen molar-refractivity contribution in [1.29, 1.82) is 5.26 Å². The van der Waals surface area contributed by atoms with Crippen molar-refractivity contribution in [2.45, 2.75) is 4.90 Å². The highest BCUT2D eigenvalue weighted by atomic mass is 35.5. The summed E-state index contributed by atoms with van der Waals surface area (Å²) in [6.45, 7) is 0.252. The van der Waals surface area contributed by atoms with E-state index in [0.29, 0.717) is 11.5 Å². The Morgan fingerprint density at radius 1 is 1.47 bits per heavy atom. The van der Waals surface area contributed by atoms with Gasteiger partial charge in [0, 0.05) is 12.3 Å². The van der Waals surface area contributed by atoms with Crippen LogP contribution in [0.2, 0.25) is 5.02 Å². The summed E-state index contributed by atoms with van der Waals surface area (Å²) >= 11 is 7.29. The number of hydrogen-bond acceptors (Lipinski definition) is 4. The first-order chi connectivity index (χ1) is 9.01. The molecule has 0 saturated heterocycles. The van der Waals surface area contributed by atoms with Crippen LogP contribution in [-0.2, 0) is 10.0 Å². The van der Waals surface area contributed by atoms with E-state index in [1.165, 1.54) is 30.0 Å². The summed E-state index contributed by atoms with van der Waals surface area (Å²) < 4.78 is 26.4. The number of terminal acetylenes is 1. The molecule has 0 spiro atoms. The van der Waals surface area contributed by atoms with Crippen LogP contribution in [-0.4, -0.2) is 26.5 Å². The molecule has 0 amide bonds. The van der Waals surface area contributed by atoms with Gasteiger partial charge in [0.25, 0.3) is 0 Å². The van der Waals surface area contributed by atoms with Crippen molar-refractivity contribution in [3.05, 3.63) is 28.8 Å². The van der Waals surface area contributed by atoms with Crippen molar-refractivity contribution in [1.82, 2.24) is 4.72 Å². The third-order valence-corrected chi connectivity index (χ3v) is 4.88. The molecule has 1 N–H and O–H groups in total. The predicted octanol–water partition coefficient (Wildman–Crippen LogP) is 1.86. The van der Waals surface area contributed by atoms with E-state index in [2.05, 4.69) is 10.6 Å². The number of thioether (sulfide) groups is 1. The molecule has 0 radical (unpaired) electrons. The van der Waals surface area contributed by atoms with Gasteiger partial charge >= 0.3 is 0 Å². The first-order valence-electron chi connectivity index (χ1n) is 5.22. The van der Waals surface area contributed by atoms with E-state index in [1.807, 2.05) is 6.07 Å². The Kier molecular flexibility index (Phi) is 6.20. The zero-order valence-corrected chi connectivity index (χ0v) is 12.3.